The van der Waals surface area contributed by atoms with Crippen molar-refractivity contribution in [2.45, 2.75) is 33.2 Å². The predicted molar refractivity (Wildman–Crippen MR) is 85.0 cm³/mol. The van der Waals surface area contributed by atoms with Crippen LogP contribution < -0.4 is 16.2 Å². The number of nitrogens with two attached hydrogens (primary N) is 1. The van der Waals surface area contributed by atoms with Crippen LogP contribution in [0.1, 0.15) is 26.7 Å². The molecular weight excluding hydrogens is 320 g/mol. The number of anilines is 1. The minimum absolute atomic E-state index is 0.00291. The molecule has 1 aliphatic rings. The van der Waals surface area contributed by atoms with E-state index >= 15 is 0 Å². The van der Waals surface area contributed by atoms with Crippen molar-refractivity contribution in [2.24, 2.45) is 17.1 Å². The van der Waals surface area contributed by atoms with Crippen LogP contribution in [0, 0.1) is 11.3 Å². The smallest absolute Gasteiger partial charge is 0.283 e. The van der Waals surface area contributed by atoms with Gasteiger partial charge in [-0.1, -0.05) is 13.8 Å². The van der Waals surface area contributed by atoms with Gasteiger partial charge in [0.2, 0.25) is 0 Å². The molecule has 0 atom stereocenters. The molecule has 0 bridgehead atoms. The molecule has 5 nitrogen and oxygen atoms in total. The van der Waals surface area contributed by atoms with Crippen LogP contribution >= 0.6 is 15.9 Å². The lowest BCUT2D eigenvalue weighted by Crippen LogP contribution is -2.38. The molecule has 1 aromatic rings. The summed E-state index contributed by atoms with van der Waals surface area (Å²) in [5.41, 5.74) is 6.54. The van der Waals surface area contributed by atoms with Crippen molar-refractivity contribution in [2.75, 3.05) is 25.0 Å². The Kier molecular flexibility index (Phi) is 4.54. The second-order valence-electron chi connectivity index (χ2n) is 6.50. The molecule has 0 spiro atoms. The maximum atomic E-state index is 12.3. The Bertz CT molecular complexity index is 536. The van der Waals surface area contributed by atoms with Crippen LogP contribution in [0.25, 0.3) is 0 Å². The fourth-order valence-corrected chi connectivity index (χ4v) is 2.80. The molecule has 20 heavy (non-hydrogen) atoms. The van der Waals surface area contributed by atoms with E-state index in [2.05, 4.69) is 34.9 Å². The van der Waals surface area contributed by atoms with Gasteiger partial charge in [0.15, 0.2) is 0 Å². The molecule has 6 heteroatoms. The molecule has 1 saturated carbocycles. The maximum Gasteiger partial charge on any atom is 0.283 e. The second-order valence-corrected chi connectivity index (χ2v) is 7.29. The summed E-state index contributed by atoms with van der Waals surface area (Å²) >= 11 is 3.43. The zero-order valence-corrected chi connectivity index (χ0v) is 14.0. The van der Waals surface area contributed by atoms with Crippen molar-refractivity contribution >= 4 is 21.6 Å². The number of aromatic nitrogens is 2. The number of nitrogens with zero attached hydrogens (tertiary/aromatic N) is 3. The molecule has 1 heterocycles. The zero-order valence-electron chi connectivity index (χ0n) is 12.4. The van der Waals surface area contributed by atoms with Crippen LogP contribution in [0.2, 0.25) is 0 Å². The predicted octanol–water partition coefficient (Wildman–Crippen LogP) is 1.84. The Morgan fingerprint density at radius 1 is 1.55 bits per heavy atom. The first-order valence-corrected chi connectivity index (χ1v) is 7.80. The first-order valence-electron chi connectivity index (χ1n) is 7.01. The van der Waals surface area contributed by atoms with Gasteiger partial charge in [-0.05, 0) is 46.6 Å². The van der Waals surface area contributed by atoms with Crippen LogP contribution in [0.4, 0.5) is 5.69 Å². The van der Waals surface area contributed by atoms with E-state index in [1.54, 1.807) is 10.9 Å². The lowest BCUT2D eigenvalue weighted by molar-refractivity contribution is 0.384. The van der Waals surface area contributed by atoms with E-state index in [-0.39, 0.29) is 11.0 Å². The van der Waals surface area contributed by atoms with Crippen LogP contribution in [-0.4, -0.2) is 29.9 Å². The minimum Gasteiger partial charge on any atom is -0.372 e. The Balaban J connectivity index is 2.19. The molecule has 2 N–H and O–H groups in total. The normalized spacial score (nSPS) is 15.4. The van der Waals surface area contributed by atoms with Crippen molar-refractivity contribution in [1.82, 2.24) is 9.78 Å². The molecule has 1 aromatic heterocycles. The summed E-state index contributed by atoms with van der Waals surface area (Å²) < 4.78 is 2.15. The third-order valence-electron chi connectivity index (χ3n) is 3.72. The molecular formula is C14H23BrN4O. The van der Waals surface area contributed by atoms with Gasteiger partial charge in [0.05, 0.1) is 11.9 Å². The summed E-state index contributed by atoms with van der Waals surface area (Å²) in [4.78, 5) is 14.3. The Hall–Kier alpha value is -0.880. The molecule has 0 saturated heterocycles. The molecule has 2 rings (SSSR count). The lowest BCUT2D eigenvalue weighted by atomic mass is 9.93. The molecule has 0 amide bonds. The fourth-order valence-electron chi connectivity index (χ4n) is 2.19. The lowest BCUT2D eigenvalue weighted by Gasteiger charge is -2.30. The van der Waals surface area contributed by atoms with E-state index in [0.717, 1.165) is 18.8 Å². The quantitative estimate of drug-likeness (QED) is 0.856. The highest BCUT2D eigenvalue weighted by Gasteiger charge is 2.24. The van der Waals surface area contributed by atoms with Crippen LogP contribution in [0.5, 0.6) is 0 Å². The summed E-state index contributed by atoms with van der Waals surface area (Å²) in [6, 6.07) is 0. The van der Waals surface area contributed by atoms with Gasteiger partial charge >= 0.3 is 0 Å². The van der Waals surface area contributed by atoms with Gasteiger partial charge in [-0.2, -0.15) is 5.10 Å². The topological polar surface area (TPSA) is 64.2 Å². The van der Waals surface area contributed by atoms with E-state index in [1.165, 1.54) is 12.8 Å². The Labute approximate surface area is 128 Å². The Morgan fingerprint density at radius 2 is 2.20 bits per heavy atom. The molecule has 0 aliphatic heterocycles. The SMILES string of the molecule is CN(CC(C)(C)CN)c1cnn(CC2CC2)c(=O)c1Br. The minimum atomic E-state index is -0.0493. The van der Waals surface area contributed by atoms with E-state index in [9.17, 15) is 4.79 Å². The van der Waals surface area contributed by atoms with Gasteiger partial charge in [-0.15, -0.1) is 0 Å². The van der Waals surface area contributed by atoms with Gasteiger partial charge in [0, 0.05) is 20.1 Å². The maximum absolute atomic E-state index is 12.3. The highest BCUT2D eigenvalue weighted by Crippen LogP contribution is 2.30. The van der Waals surface area contributed by atoms with E-state index in [4.69, 9.17) is 5.73 Å². The van der Waals surface area contributed by atoms with Crippen LogP contribution in [0.15, 0.2) is 15.5 Å². The summed E-state index contributed by atoms with van der Waals surface area (Å²) in [7, 11) is 1.96. The largest absolute Gasteiger partial charge is 0.372 e. The van der Waals surface area contributed by atoms with Gasteiger partial charge in [-0.25, -0.2) is 4.68 Å². The molecule has 1 aliphatic carbocycles. The summed E-state index contributed by atoms with van der Waals surface area (Å²) in [5.74, 6) is 0.631. The van der Waals surface area contributed by atoms with Crippen molar-refractivity contribution in [3.63, 3.8) is 0 Å². The van der Waals surface area contributed by atoms with Gasteiger partial charge < -0.3 is 10.6 Å². The first kappa shape index (κ1) is 15.5. The van der Waals surface area contributed by atoms with E-state index < -0.39 is 0 Å². The zero-order chi connectivity index (χ0) is 14.9. The van der Waals surface area contributed by atoms with Crippen molar-refractivity contribution in [1.29, 1.82) is 0 Å². The average molecular weight is 343 g/mol. The molecule has 1 fully saturated rings. The van der Waals surface area contributed by atoms with Gasteiger partial charge in [-0.3, -0.25) is 4.79 Å². The first-order chi connectivity index (χ1) is 9.34. The number of halogens is 1. The third-order valence-corrected chi connectivity index (χ3v) is 4.47. The number of hydrogen-bond donors (Lipinski definition) is 1. The summed E-state index contributed by atoms with van der Waals surface area (Å²) in [6.07, 6.45) is 4.18. The second kappa shape index (κ2) is 5.85. The molecule has 0 aromatic carbocycles. The standard InChI is InChI=1S/C14H23BrN4O/c1-14(2,8-16)9-18(3)11-6-17-19(7-10-4-5-10)13(20)12(11)15/h6,10H,4-5,7-9,16H2,1-3H3. The highest BCUT2D eigenvalue weighted by molar-refractivity contribution is 9.10. The van der Waals surface area contributed by atoms with Crippen molar-refractivity contribution < 1.29 is 0 Å². The number of hydrogen-bond acceptors (Lipinski definition) is 4. The monoisotopic (exact) mass is 342 g/mol. The van der Waals surface area contributed by atoms with Gasteiger partial charge in [0.1, 0.15) is 4.47 Å². The van der Waals surface area contributed by atoms with Gasteiger partial charge in [0.25, 0.3) is 5.56 Å². The molecule has 0 radical (unpaired) electrons. The summed E-state index contributed by atoms with van der Waals surface area (Å²) in [5, 5.41) is 4.30. The average Bonchev–Trinajstić information content (AvgIpc) is 3.18. The molecule has 112 valence electrons. The molecule has 0 unspecified atom stereocenters. The third kappa shape index (κ3) is 3.61. The van der Waals surface area contributed by atoms with Crippen molar-refractivity contribution in [3.05, 3.63) is 21.0 Å². The van der Waals surface area contributed by atoms with Crippen molar-refractivity contribution in [3.8, 4) is 0 Å². The summed E-state index contributed by atoms with van der Waals surface area (Å²) in [6.45, 7) is 6.32. The van der Waals surface area contributed by atoms with E-state index in [1.807, 2.05) is 11.9 Å². The number of rotatable bonds is 6. The highest BCUT2D eigenvalue weighted by atomic mass is 79.9. The van der Waals surface area contributed by atoms with E-state index in [0.29, 0.717) is 16.9 Å². The Morgan fingerprint density at radius 3 is 2.75 bits per heavy atom. The van der Waals surface area contributed by atoms with Crippen LogP contribution in [-0.2, 0) is 6.54 Å². The fraction of sp³-hybridized carbons (Fsp3) is 0.714. The van der Waals surface area contributed by atoms with Crippen LogP contribution in [0.3, 0.4) is 0 Å².